The van der Waals surface area contributed by atoms with Crippen molar-refractivity contribution < 1.29 is 4.74 Å². The number of benzene rings is 2. The van der Waals surface area contributed by atoms with Crippen LogP contribution in [-0.2, 0) is 6.42 Å². The Kier molecular flexibility index (Phi) is 5.91. The number of thiocarbonyl (C=S) groups is 1. The van der Waals surface area contributed by atoms with Gasteiger partial charge in [0.25, 0.3) is 0 Å². The third kappa shape index (κ3) is 5.18. The van der Waals surface area contributed by atoms with E-state index in [0.717, 1.165) is 23.6 Å². The first-order valence-electron chi connectivity index (χ1n) is 6.95. The van der Waals surface area contributed by atoms with Crippen molar-refractivity contribution in [3.8, 4) is 5.75 Å². The van der Waals surface area contributed by atoms with Crippen LogP contribution in [0, 0.1) is 0 Å². The summed E-state index contributed by atoms with van der Waals surface area (Å²) in [5, 5.41) is 7.84. The molecule has 2 aromatic rings. The summed E-state index contributed by atoms with van der Waals surface area (Å²) in [5.41, 5.74) is 5.91. The number of rotatable bonds is 5. The maximum atomic E-state index is 5.21. The third-order valence-corrected chi connectivity index (χ3v) is 3.19. The number of methoxy groups -OCH3 is 1. The number of nitrogens with zero attached hydrogens (tertiary/aromatic N) is 1. The van der Waals surface area contributed by atoms with Crippen LogP contribution in [0.5, 0.6) is 5.75 Å². The Morgan fingerprint density at radius 2 is 1.77 bits per heavy atom. The van der Waals surface area contributed by atoms with Crippen LogP contribution in [0.1, 0.15) is 12.5 Å². The molecule has 2 rings (SSSR count). The van der Waals surface area contributed by atoms with Gasteiger partial charge in [0.05, 0.1) is 7.11 Å². The first-order chi connectivity index (χ1) is 10.7. The van der Waals surface area contributed by atoms with Gasteiger partial charge in [-0.1, -0.05) is 30.3 Å². The van der Waals surface area contributed by atoms with E-state index in [1.165, 1.54) is 5.56 Å². The zero-order chi connectivity index (χ0) is 15.8. The van der Waals surface area contributed by atoms with Crippen LogP contribution in [-0.4, -0.2) is 17.9 Å². The van der Waals surface area contributed by atoms with Crippen molar-refractivity contribution in [2.45, 2.75) is 13.3 Å². The lowest BCUT2D eigenvalue weighted by Gasteiger charge is -2.08. The van der Waals surface area contributed by atoms with Gasteiger partial charge >= 0.3 is 0 Å². The molecule has 0 radical (unpaired) electrons. The lowest BCUT2D eigenvalue weighted by atomic mass is 10.1. The second-order valence-electron chi connectivity index (χ2n) is 4.80. The second-order valence-corrected chi connectivity index (χ2v) is 5.21. The fourth-order valence-corrected chi connectivity index (χ4v) is 2.07. The Bertz CT molecular complexity index is 639. The van der Waals surface area contributed by atoms with Gasteiger partial charge in [-0.05, 0) is 49.0 Å². The Labute approximate surface area is 136 Å². The molecule has 22 heavy (non-hydrogen) atoms. The average Bonchev–Trinajstić information content (AvgIpc) is 2.55. The third-order valence-electron chi connectivity index (χ3n) is 3.00. The number of ether oxygens (including phenoxy) is 1. The molecule has 2 N–H and O–H groups in total. The molecule has 0 aliphatic heterocycles. The molecule has 0 heterocycles. The Hall–Kier alpha value is -2.40. The molecule has 0 fully saturated rings. The van der Waals surface area contributed by atoms with Gasteiger partial charge in [0, 0.05) is 17.8 Å². The number of hydrogen-bond acceptors (Lipinski definition) is 3. The van der Waals surface area contributed by atoms with Gasteiger partial charge < -0.3 is 10.1 Å². The fraction of sp³-hybridized carbons (Fsp3) is 0.176. The minimum atomic E-state index is 0.472. The molecule has 0 saturated heterocycles. The van der Waals surface area contributed by atoms with Crippen LogP contribution < -0.4 is 15.5 Å². The quantitative estimate of drug-likeness (QED) is 0.503. The highest BCUT2D eigenvalue weighted by molar-refractivity contribution is 7.80. The molecule has 0 aliphatic rings. The Morgan fingerprint density at radius 1 is 1.09 bits per heavy atom. The molecule has 5 heteroatoms. The van der Waals surface area contributed by atoms with Crippen molar-refractivity contribution in [3.05, 3.63) is 60.2 Å². The lowest BCUT2D eigenvalue weighted by Crippen LogP contribution is -2.25. The monoisotopic (exact) mass is 313 g/mol. The van der Waals surface area contributed by atoms with Crippen LogP contribution in [0.4, 0.5) is 5.69 Å². The molecular formula is C17H19N3OS. The molecule has 0 unspecified atom stereocenters. The smallest absolute Gasteiger partial charge is 0.191 e. The summed E-state index contributed by atoms with van der Waals surface area (Å²) in [5.74, 6) is 0.852. The average molecular weight is 313 g/mol. The van der Waals surface area contributed by atoms with Gasteiger partial charge in [-0.3, -0.25) is 5.43 Å². The molecule has 4 nitrogen and oxygen atoms in total. The maximum Gasteiger partial charge on any atom is 0.191 e. The molecule has 0 aliphatic carbocycles. The van der Waals surface area contributed by atoms with E-state index < -0.39 is 0 Å². The van der Waals surface area contributed by atoms with Gasteiger partial charge in [-0.15, -0.1) is 0 Å². The van der Waals surface area contributed by atoms with Crippen molar-refractivity contribution in [2.75, 3.05) is 12.4 Å². The predicted molar refractivity (Wildman–Crippen MR) is 95.6 cm³/mol. The SMILES string of the molecule is COc1ccc(CC(C)=NNC(=S)Nc2ccccc2)cc1. The molecule has 0 atom stereocenters. The lowest BCUT2D eigenvalue weighted by molar-refractivity contribution is 0.414. The zero-order valence-corrected chi connectivity index (χ0v) is 13.5. The Morgan fingerprint density at radius 3 is 2.41 bits per heavy atom. The highest BCUT2D eigenvalue weighted by Gasteiger charge is 1.99. The molecule has 114 valence electrons. The molecule has 2 aromatic carbocycles. The summed E-state index contributed by atoms with van der Waals surface area (Å²) in [6, 6.07) is 17.7. The summed E-state index contributed by atoms with van der Waals surface area (Å²) in [6.07, 6.45) is 0.755. The van der Waals surface area contributed by atoms with Crippen molar-refractivity contribution in [2.24, 2.45) is 5.10 Å². The van der Waals surface area contributed by atoms with E-state index in [4.69, 9.17) is 17.0 Å². The minimum Gasteiger partial charge on any atom is -0.497 e. The topological polar surface area (TPSA) is 45.6 Å². The van der Waals surface area contributed by atoms with E-state index in [1.54, 1.807) is 7.11 Å². The molecular weight excluding hydrogens is 294 g/mol. The minimum absolute atomic E-state index is 0.472. The van der Waals surface area contributed by atoms with Crippen molar-refractivity contribution in [3.63, 3.8) is 0 Å². The van der Waals surface area contributed by atoms with Gasteiger partial charge in [0.15, 0.2) is 5.11 Å². The van der Waals surface area contributed by atoms with Crippen LogP contribution in [0.2, 0.25) is 0 Å². The van der Waals surface area contributed by atoms with Gasteiger partial charge in [0.1, 0.15) is 5.75 Å². The van der Waals surface area contributed by atoms with Crippen molar-refractivity contribution in [1.29, 1.82) is 0 Å². The van der Waals surface area contributed by atoms with Crippen LogP contribution in [0.15, 0.2) is 59.7 Å². The largest absolute Gasteiger partial charge is 0.497 e. The summed E-state index contributed by atoms with van der Waals surface area (Å²) >= 11 is 5.21. The Balaban J connectivity index is 1.85. The molecule has 0 spiro atoms. The van der Waals surface area contributed by atoms with E-state index in [1.807, 2.05) is 61.5 Å². The highest BCUT2D eigenvalue weighted by Crippen LogP contribution is 2.12. The molecule has 0 amide bonds. The van der Waals surface area contributed by atoms with Crippen molar-refractivity contribution in [1.82, 2.24) is 5.43 Å². The number of nitrogens with one attached hydrogen (secondary N) is 2. The zero-order valence-electron chi connectivity index (χ0n) is 12.7. The predicted octanol–water partition coefficient (Wildman–Crippen LogP) is 3.60. The van der Waals surface area contributed by atoms with Crippen LogP contribution in [0.3, 0.4) is 0 Å². The summed E-state index contributed by atoms with van der Waals surface area (Å²) < 4.78 is 5.14. The number of hydrazone groups is 1. The standard InChI is InChI=1S/C17H19N3OS/c1-13(12-14-8-10-16(21-2)11-9-14)19-20-17(22)18-15-6-4-3-5-7-15/h3-11H,12H2,1-2H3,(H2,18,20,22). The molecule has 0 saturated carbocycles. The summed E-state index contributed by atoms with van der Waals surface area (Å²) in [6.45, 7) is 1.96. The van der Waals surface area contributed by atoms with Crippen LogP contribution >= 0.6 is 12.2 Å². The first-order valence-corrected chi connectivity index (χ1v) is 7.36. The maximum absolute atomic E-state index is 5.21. The van der Waals surface area contributed by atoms with Gasteiger partial charge in [-0.2, -0.15) is 5.10 Å². The normalized spacial score (nSPS) is 10.9. The van der Waals surface area contributed by atoms with Gasteiger partial charge in [0.2, 0.25) is 0 Å². The highest BCUT2D eigenvalue weighted by atomic mass is 32.1. The summed E-state index contributed by atoms with van der Waals surface area (Å²) in [4.78, 5) is 0. The first kappa shape index (κ1) is 16.0. The van der Waals surface area contributed by atoms with Crippen molar-refractivity contribution >= 4 is 28.7 Å². The molecule has 0 aromatic heterocycles. The van der Waals surface area contributed by atoms with E-state index >= 15 is 0 Å². The number of para-hydroxylation sites is 1. The fourth-order valence-electron chi connectivity index (χ4n) is 1.91. The number of anilines is 1. The molecule has 0 bridgehead atoms. The number of hydrogen-bond donors (Lipinski definition) is 2. The summed E-state index contributed by atoms with van der Waals surface area (Å²) in [7, 11) is 1.66. The van der Waals surface area contributed by atoms with E-state index in [-0.39, 0.29) is 0 Å². The van der Waals surface area contributed by atoms with E-state index in [9.17, 15) is 0 Å². The van der Waals surface area contributed by atoms with E-state index in [0.29, 0.717) is 5.11 Å². The van der Waals surface area contributed by atoms with Crippen LogP contribution in [0.25, 0.3) is 0 Å². The van der Waals surface area contributed by atoms with Gasteiger partial charge in [-0.25, -0.2) is 0 Å². The second kappa shape index (κ2) is 8.14. The van der Waals surface area contributed by atoms with E-state index in [2.05, 4.69) is 15.8 Å².